The lowest BCUT2D eigenvalue weighted by atomic mass is 9.46. The van der Waals surface area contributed by atoms with E-state index in [9.17, 15) is 4.79 Å². The van der Waals surface area contributed by atoms with Gasteiger partial charge < -0.3 is 4.74 Å². The third-order valence-corrected chi connectivity index (χ3v) is 6.67. The largest absolute Gasteiger partial charge is 0.469 e. The van der Waals surface area contributed by atoms with Gasteiger partial charge in [-0.25, -0.2) is 0 Å². The average molecular weight is 316 g/mol. The molecular weight excluding hydrogens is 284 g/mol. The monoisotopic (exact) mass is 316 g/mol. The zero-order valence-corrected chi connectivity index (χ0v) is 15.3. The van der Waals surface area contributed by atoms with Crippen molar-refractivity contribution in [1.29, 1.82) is 0 Å². The number of esters is 1. The normalized spacial score (nSPS) is 37.9. The second-order valence-electron chi connectivity index (χ2n) is 7.96. The fourth-order valence-corrected chi connectivity index (χ4v) is 5.25. The van der Waals surface area contributed by atoms with Crippen molar-refractivity contribution in [3.8, 4) is 0 Å². The highest BCUT2D eigenvalue weighted by Gasteiger charge is 2.57. The molecule has 2 heteroatoms. The molecule has 4 unspecified atom stereocenters. The van der Waals surface area contributed by atoms with Crippen molar-refractivity contribution in [2.45, 2.75) is 59.3 Å². The van der Waals surface area contributed by atoms with Gasteiger partial charge in [0.1, 0.15) is 0 Å². The fourth-order valence-electron chi connectivity index (χ4n) is 5.25. The topological polar surface area (TPSA) is 26.3 Å². The minimum absolute atomic E-state index is 0.0301. The van der Waals surface area contributed by atoms with Gasteiger partial charge in [-0.2, -0.15) is 0 Å². The molecule has 23 heavy (non-hydrogen) atoms. The molecule has 128 valence electrons. The van der Waals surface area contributed by atoms with E-state index >= 15 is 0 Å². The summed E-state index contributed by atoms with van der Waals surface area (Å²) in [6.07, 6.45) is 10.5. The van der Waals surface area contributed by atoms with E-state index in [4.69, 9.17) is 4.74 Å². The van der Waals surface area contributed by atoms with Crippen LogP contribution in [0, 0.1) is 22.7 Å². The lowest BCUT2D eigenvalue weighted by Crippen LogP contribution is -2.53. The number of fused-ring (bicyclic) bond motifs is 1. The highest BCUT2D eigenvalue weighted by atomic mass is 16.5. The molecule has 0 aromatic rings. The number of hydrogen-bond acceptors (Lipinski definition) is 2. The maximum atomic E-state index is 12.5. The van der Waals surface area contributed by atoms with Crippen LogP contribution < -0.4 is 0 Å². The van der Waals surface area contributed by atoms with Gasteiger partial charge in [-0.05, 0) is 63.2 Å². The predicted octanol–water partition coefficient (Wildman–Crippen LogP) is 5.46. The van der Waals surface area contributed by atoms with Crippen molar-refractivity contribution in [3.05, 3.63) is 36.5 Å². The maximum Gasteiger partial charge on any atom is 0.311 e. The highest BCUT2D eigenvalue weighted by molar-refractivity contribution is 5.77. The van der Waals surface area contributed by atoms with Crippen LogP contribution in [0.15, 0.2) is 36.5 Å². The van der Waals surface area contributed by atoms with Crippen LogP contribution in [0.5, 0.6) is 0 Å². The van der Waals surface area contributed by atoms with Crippen LogP contribution in [0.4, 0.5) is 0 Å². The van der Waals surface area contributed by atoms with Crippen LogP contribution in [-0.2, 0) is 9.53 Å². The van der Waals surface area contributed by atoms with E-state index in [1.54, 1.807) is 0 Å². The van der Waals surface area contributed by atoms with Gasteiger partial charge in [-0.3, -0.25) is 4.79 Å². The zero-order chi connectivity index (χ0) is 17.3. The molecular formula is C21H32O2. The van der Waals surface area contributed by atoms with Crippen molar-refractivity contribution in [1.82, 2.24) is 0 Å². The minimum atomic E-state index is -0.349. The Morgan fingerprint density at radius 1 is 1.39 bits per heavy atom. The van der Waals surface area contributed by atoms with Gasteiger partial charge in [0.15, 0.2) is 0 Å². The van der Waals surface area contributed by atoms with Crippen LogP contribution in [0.3, 0.4) is 0 Å². The Labute approximate surface area is 141 Å². The summed E-state index contributed by atoms with van der Waals surface area (Å²) >= 11 is 0. The summed E-state index contributed by atoms with van der Waals surface area (Å²) in [7, 11) is 1.52. The van der Waals surface area contributed by atoms with Crippen LogP contribution in [0.1, 0.15) is 59.3 Å². The molecule has 0 saturated heterocycles. The van der Waals surface area contributed by atoms with Gasteiger partial charge in [0.25, 0.3) is 0 Å². The fraction of sp³-hybridized carbons (Fsp3) is 0.667. The van der Waals surface area contributed by atoms with E-state index in [-0.39, 0.29) is 16.8 Å². The van der Waals surface area contributed by atoms with Gasteiger partial charge in [0.2, 0.25) is 0 Å². The molecule has 2 nitrogen and oxygen atoms in total. The summed E-state index contributed by atoms with van der Waals surface area (Å²) in [6.45, 7) is 14.8. The summed E-state index contributed by atoms with van der Waals surface area (Å²) < 4.78 is 5.18. The number of rotatable bonds is 4. The van der Waals surface area contributed by atoms with E-state index < -0.39 is 0 Å². The minimum Gasteiger partial charge on any atom is -0.469 e. The first kappa shape index (κ1) is 18.0. The van der Waals surface area contributed by atoms with Crippen molar-refractivity contribution >= 4 is 5.97 Å². The predicted molar refractivity (Wildman–Crippen MR) is 96.0 cm³/mol. The van der Waals surface area contributed by atoms with Gasteiger partial charge in [0, 0.05) is 0 Å². The molecule has 4 atom stereocenters. The molecule has 0 heterocycles. The molecule has 0 radical (unpaired) electrons. The molecule has 2 aliphatic rings. The molecule has 0 aromatic heterocycles. The van der Waals surface area contributed by atoms with Crippen molar-refractivity contribution in [2.75, 3.05) is 7.11 Å². The van der Waals surface area contributed by atoms with Crippen LogP contribution in [-0.4, -0.2) is 13.1 Å². The summed E-state index contributed by atoms with van der Waals surface area (Å²) in [6, 6.07) is 0. The third-order valence-electron chi connectivity index (χ3n) is 6.67. The first-order chi connectivity index (χ1) is 10.8. The van der Waals surface area contributed by atoms with Crippen molar-refractivity contribution in [2.24, 2.45) is 22.7 Å². The first-order valence-electron chi connectivity index (χ1n) is 8.85. The third kappa shape index (κ3) is 3.05. The number of ether oxygens (including phenoxy) is 1. The Morgan fingerprint density at radius 3 is 2.70 bits per heavy atom. The first-order valence-corrected chi connectivity index (χ1v) is 8.85. The molecule has 0 aliphatic heterocycles. The van der Waals surface area contributed by atoms with Crippen molar-refractivity contribution < 1.29 is 9.53 Å². The molecule has 2 aliphatic carbocycles. The average Bonchev–Trinajstić information content (AvgIpc) is 2.52. The number of hydrogen-bond donors (Lipinski definition) is 0. The Kier molecular flexibility index (Phi) is 5.23. The van der Waals surface area contributed by atoms with Crippen LogP contribution in [0.2, 0.25) is 0 Å². The second-order valence-corrected chi connectivity index (χ2v) is 7.96. The molecule has 0 aromatic carbocycles. The van der Waals surface area contributed by atoms with E-state index in [2.05, 4.69) is 40.0 Å². The number of carbonyl (C=O) groups excluding carboxylic acids is 1. The number of allylic oxidation sites excluding steroid dienone is 4. The molecule has 0 amide bonds. The van der Waals surface area contributed by atoms with Crippen LogP contribution in [0.25, 0.3) is 0 Å². The Balaban J connectivity index is 2.36. The maximum absolute atomic E-state index is 12.5. The summed E-state index contributed by atoms with van der Waals surface area (Å²) in [5.41, 5.74) is 2.35. The smallest absolute Gasteiger partial charge is 0.311 e. The Bertz CT molecular complexity index is 530. The molecule has 2 rings (SSSR count). The standard InChI is InChI=1S/C21H32O2/c1-7-15(2)9-11-17-16(3)10-12-18-20(17,4)13-8-14-21(18,5)19(22)23-6/h7,9,17-18H,1,3,8,10-14H2,2,4-6H3. The van der Waals surface area contributed by atoms with Gasteiger partial charge >= 0.3 is 5.97 Å². The van der Waals surface area contributed by atoms with Gasteiger partial charge in [-0.15, -0.1) is 0 Å². The van der Waals surface area contributed by atoms with E-state index in [0.717, 1.165) is 32.1 Å². The molecule has 0 N–H and O–H groups in total. The van der Waals surface area contributed by atoms with Gasteiger partial charge in [0.05, 0.1) is 12.5 Å². The molecule has 2 fully saturated rings. The Morgan fingerprint density at radius 2 is 2.09 bits per heavy atom. The van der Waals surface area contributed by atoms with Crippen molar-refractivity contribution in [3.63, 3.8) is 0 Å². The van der Waals surface area contributed by atoms with E-state index in [0.29, 0.717) is 11.8 Å². The highest BCUT2D eigenvalue weighted by Crippen LogP contribution is 2.62. The van der Waals surface area contributed by atoms with E-state index in [1.165, 1.54) is 24.7 Å². The van der Waals surface area contributed by atoms with E-state index in [1.807, 2.05) is 6.08 Å². The SMILES string of the molecule is C=CC(C)=CCC1C(=C)CCC2C(C)(C(=O)OC)CCCC12C. The zero-order valence-electron chi connectivity index (χ0n) is 15.3. The quantitative estimate of drug-likeness (QED) is 0.391. The summed E-state index contributed by atoms with van der Waals surface area (Å²) in [5.74, 6) is 0.794. The summed E-state index contributed by atoms with van der Waals surface area (Å²) in [5, 5.41) is 0. The molecule has 2 saturated carbocycles. The number of methoxy groups -OCH3 is 1. The molecule has 0 spiro atoms. The summed E-state index contributed by atoms with van der Waals surface area (Å²) in [4.78, 5) is 12.5. The lowest BCUT2D eigenvalue weighted by Gasteiger charge is -2.57. The Hall–Kier alpha value is -1.31. The van der Waals surface area contributed by atoms with Crippen LogP contribution >= 0.6 is 0 Å². The second kappa shape index (κ2) is 6.67. The molecule has 0 bridgehead atoms. The van der Waals surface area contributed by atoms with Gasteiger partial charge in [-0.1, -0.05) is 49.8 Å². The lowest BCUT2D eigenvalue weighted by molar-refractivity contribution is -0.167. The number of carbonyl (C=O) groups is 1.